The molecule has 3 nitrogen and oxygen atoms in total. The van der Waals surface area contributed by atoms with E-state index in [1.807, 2.05) is 26.0 Å². The summed E-state index contributed by atoms with van der Waals surface area (Å²) in [7, 11) is 0. The van der Waals surface area contributed by atoms with Gasteiger partial charge in [0.15, 0.2) is 0 Å². The zero-order valence-corrected chi connectivity index (χ0v) is 8.73. The lowest BCUT2D eigenvalue weighted by molar-refractivity contribution is 0.221. The quantitative estimate of drug-likeness (QED) is 0.788. The number of pyridine rings is 1. The molecule has 0 spiro atoms. The number of aliphatic hydroxyl groups is 1. The van der Waals surface area contributed by atoms with E-state index < -0.39 is 0 Å². The summed E-state index contributed by atoms with van der Waals surface area (Å²) < 4.78 is 1.62. The maximum atomic E-state index is 11.8. The predicted octanol–water partition coefficient (Wildman–Crippen LogP) is 1.35. The molecule has 1 heterocycles. The van der Waals surface area contributed by atoms with Crippen LogP contribution in [0.3, 0.4) is 0 Å². The fourth-order valence-electron chi connectivity index (χ4n) is 1.53. The second kappa shape index (κ2) is 4.96. The summed E-state index contributed by atoms with van der Waals surface area (Å²) in [5.41, 5.74) is 0.829. The highest BCUT2D eigenvalue weighted by Gasteiger charge is 2.09. The molecule has 1 rings (SSSR count). The van der Waals surface area contributed by atoms with Gasteiger partial charge >= 0.3 is 0 Å². The zero-order chi connectivity index (χ0) is 10.6. The number of nitrogens with zero attached hydrogens (tertiary/aromatic N) is 1. The molecule has 3 heteroatoms. The van der Waals surface area contributed by atoms with E-state index in [1.165, 1.54) is 0 Å². The van der Waals surface area contributed by atoms with Crippen molar-refractivity contribution in [2.45, 2.75) is 32.7 Å². The van der Waals surface area contributed by atoms with Gasteiger partial charge in [0, 0.05) is 11.8 Å². The van der Waals surface area contributed by atoms with Crippen LogP contribution in [0.2, 0.25) is 0 Å². The van der Waals surface area contributed by atoms with Gasteiger partial charge in [0.1, 0.15) is 0 Å². The van der Waals surface area contributed by atoms with Crippen LogP contribution in [-0.4, -0.2) is 16.3 Å². The normalized spacial score (nSPS) is 12.8. The first-order chi connectivity index (χ1) is 6.74. The van der Waals surface area contributed by atoms with Crippen molar-refractivity contribution in [1.29, 1.82) is 0 Å². The van der Waals surface area contributed by atoms with Crippen molar-refractivity contribution >= 4 is 0 Å². The number of hydrogen-bond donors (Lipinski definition) is 1. The van der Waals surface area contributed by atoms with E-state index in [0.29, 0.717) is 0 Å². The minimum Gasteiger partial charge on any atom is -0.394 e. The number of aryl methyl sites for hydroxylation is 1. The van der Waals surface area contributed by atoms with Gasteiger partial charge in [-0.1, -0.05) is 19.9 Å². The smallest absolute Gasteiger partial charge is 0.254 e. The topological polar surface area (TPSA) is 42.2 Å². The van der Waals surface area contributed by atoms with Crippen LogP contribution in [-0.2, 0) is 6.42 Å². The molecule has 78 valence electrons. The third-order valence-electron chi connectivity index (χ3n) is 2.51. The molecule has 1 N–H and O–H groups in total. The second-order valence-electron chi connectivity index (χ2n) is 3.34. The summed E-state index contributed by atoms with van der Waals surface area (Å²) in [5, 5.41) is 9.11. The first-order valence-corrected chi connectivity index (χ1v) is 5.05. The minimum atomic E-state index is -0.0889. The maximum Gasteiger partial charge on any atom is 0.254 e. The molecule has 0 aliphatic rings. The Labute approximate surface area is 84.0 Å². The molecule has 1 atom stereocenters. The highest BCUT2D eigenvalue weighted by Crippen LogP contribution is 2.07. The third kappa shape index (κ3) is 2.04. The van der Waals surface area contributed by atoms with Gasteiger partial charge in [0.25, 0.3) is 5.56 Å². The molecule has 0 aliphatic carbocycles. The van der Waals surface area contributed by atoms with E-state index in [-0.39, 0.29) is 18.2 Å². The second-order valence-corrected chi connectivity index (χ2v) is 3.34. The summed E-state index contributed by atoms with van der Waals surface area (Å²) in [5.74, 6) is 0. The molecule has 0 fully saturated rings. The first-order valence-electron chi connectivity index (χ1n) is 5.05. The lowest BCUT2D eigenvalue weighted by Gasteiger charge is -2.15. The molecule has 0 saturated heterocycles. The fourth-order valence-corrected chi connectivity index (χ4v) is 1.53. The van der Waals surface area contributed by atoms with Crippen LogP contribution in [0, 0.1) is 0 Å². The van der Waals surface area contributed by atoms with Crippen molar-refractivity contribution in [3.05, 3.63) is 34.2 Å². The van der Waals surface area contributed by atoms with Gasteiger partial charge in [-0.25, -0.2) is 0 Å². The average molecular weight is 195 g/mol. The lowest BCUT2D eigenvalue weighted by Crippen LogP contribution is -2.28. The van der Waals surface area contributed by atoms with Crippen molar-refractivity contribution in [2.75, 3.05) is 6.61 Å². The SMILES string of the molecule is CCc1cccn(C(CC)CO)c1=O. The Bertz CT molecular complexity index is 339. The highest BCUT2D eigenvalue weighted by atomic mass is 16.3. The highest BCUT2D eigenvalue weighted by molar-refractivity contribution is 5.10. The Morgan fingerprint density at radius 2 is 2.21 bits per heavy atom. The molecule has 0 amide bonds. The molecule has 14 heavy (non-hydrogen) atoms. The molecular formula is C11H17NO2. The molecule has 0 saturated carbocycles. The van der Waals surface area contributed by atoms with Crippen LogP contribution in [0.1, 0.15) is 31.9 Å². The number of aliphatic hydroxyl groups excluding tert-OH is 1. The van der Waals surface area contributed by atoms with Crippen LogP contribution >= 0.6 is 0 Å². The molecule has 0 radical (unpaired) electrons. The van der Waals surface area contributed by atoms with E-state index in [2.05, 4.69) is 0 Å². The summed E-state index contributed by atoms with van der Waals surface area (Å²) >= 11 is 0. The Kier molecular flexibility index (Phi) is 3.89. The van der Waals surface area contributed by atoms with Crippen molar-refractivity contribution in [2.24, 2.45) is 0 Å². The van der Waals surface area contributed by atoms with Crippen LogP contribution in [0.5, 0.6) is 0 Å². The van der Waals surface area contributed by atoms with Crippen molar-refractivity contribution in [1.82, 2.24) is 4.57 Å². The third-order valence-corrected chi connectivity index (χ3v) is 2.51. The van der Waals surface area contributed by atoms with Crippen LogP contribution in [0.15, 0.2) is 23.1 Å². The Balaban J connectivity index is 3.14. The van der Waals surface area contributed by atoms with Crippen molar-refractivity contribution in [3.8, 4) is 0 Å². The number of aromatic nitrogens is 1. The summed E-state index contributed by atoms with van der Waals surface area (Å²) in [4.78, 5) is 11.8. The molecule has 1 aromatic heterocycles. The van der Waals surface area contributed by atoms with E-state index >= 15 is 0 Å². The Hall–Kier alpha value is -1.09. The predicted molar refractivity (Wildman–Crippen MR) is 56.5 cm³/mol. The van der Waals surface area contributed by atoms with Gasteiger partial charge < -0.3 is 9.67 Å². The summed E-state index contributed by atoms with van der Waals surface area (Å²) in [6.07, 6.45) is 3.25. The fraction of sp³-hybridized carbons (Fsp3) is 0.545. The summed E-state index contributed by atoms with van der Waals surface area (Å²) in [6, 6.07) is 3.61. The minimum absolute atomic E-state index is 0.0174. The first kappa shape index (κ1) is 11.0. The largest absolute Gasteiger partial charge is 0.394 e. The molecule has 0 aliphatic heterocycles. The number of rotatable bonds is 4. The van der Waals surface area contributed by atoms with Gasteiger partial charge in [-0.15, -0.1) is 0 Å². The average Bonchev–Trinajstić information content (AvgIpc) is 2.22. The van der Waals surface area contributed by atoms with Crippen molar-refractivity contribution < 1.29 is 5.11 Å². The van der Waals surface area contributed by atoms with Crippen LogP contribution in [0.4, 0.5) is 0 Å². The van der Waals surface area contributed by atoms with Gasteiger partial charge in [-0.3, -0.25) is 4.79 Å². The number of hydrogen-bond acceptors (Lipinski definition) is 2. The maximum absolute atomic E-state index is 11.8. The standard InChI is InChI=1S/C11H17NO2/c1-3-9-6-5-7-12(11(9)14)10(4-2)8-13/h5-7,10,13H,3-4,8H2,1-2H3. The monoisotopic (exact) mass is 195 g/mol. The molecule has 1 unspecified atom stereocenters. The van der Waals surface area contributed by atoms with Crippen molar-refractivity contribution in [3.63, 3.8) is 0 Å². The summed E-state index contributed by atoms with van der Waals surface area (Å²) in [6.45, 7) is 3.94. The molecular weight excluding hydrogens is 178 g/mol. The Morgan fingerprint density at radius 3 is 2.71 bits per heavy atom. The molecule has 0 aromatic carbocycles. The molecule has 1 aromatic rings. The van der Waals surface area contributed by atoms with E-state index in [1.54, 1.807) is 10.8 Å². The van der Waals surface area contributed by atoms with Gasteiger partial charge in [-0.2, -0.15) is 0 Å². The van der Waals surface area contributed by atoms with Gasteiger partial charge in [0.05, 0.1) is 12.6 Å². The lowest BCUT2D eigenvalue weighted by atomic mass is 10.2. The Morgan fingerprint density at radius 1 is 1.50 bits per heavy atom. The van der Waals surface area contributed by atoms with Crippen LogP contribution in [0.25, 0.3) is 0 Å². The van der Waals surface area contributed by atoms with E-state index in [4.69, 9.17) is 5.11 Å². The zero-order valence-electron chi connectivity index (χ0n) is 8.73. The van der Waals surface area contributed by atoms with E-state index in [9.17, 15) is 4.79 Å². The van der Waals surface area contributed by atoms with E-state index in [0.717, 1.165) is 18.4 Å². The molecule has 0 bridgehead atoms. The van der Waals surface area contributed by atoms with Gasteiger partial charge in [0.2, 0.25) is 0 Å². The van der Waals surface area contributed by atoms with Crippen LogP contribution < -0.4 is 5.56 Å². The van der Waals surface area contributed by atoms with Gasteiger partial charge in [-0.05, 0) is 18.9 Å².